The number of nitrogens with zero attached hydrogens (tertiary/aromatic N) is 3. The number of aromatic nitrogens is 2. The Hall–Kier alpha value is -1.84. The van der Waals surface area contributed by atoms with Crippen LogP contribution < -0.4 is 5.32 Å². The molecule has 0 spiro atoms. The van der Waals surface area contributed by atoms with Crippen molar-refractivity contribution in [2.75, 3.05) is 29.9 Å². The number of thioether (sulfide) groups is 1. The zero-order chi connectivity index (χ0) is 17.9. The van der Waals surface area contributed by atoms with Crippen LogP contribution in [0, 0.1) is 0 Å². The van der Waals surface area contributed by atoms with E-state index in [4.69, 9.17) is 0 Å². The molecule has 1 N–H and O–H groups in total. The van der Waals surface area contributed by atoms with E-state index in [1.807, 2.05) is 13.0 Å². The maximum Gasteiger partial charge on any atom is 0.263 e. The first kappa shape index (κ1) is 18.0. The first-order valence-corrected chi connectivity index (χ1v) is 10.6. The molecule has 0 bridgehead atoms. The van der Waals surface area contributed by atoms with Crippen LogP contribution in [0.5, 0.6) is 0 Å². The number of carbonyl (C=O) groups is 1. The molecule has 0 unspecified atom stereocenters. The van der Waals surface area contributed by atoms with Gasteiger partial charge in [0, 0.05) is 43.0 Å². The van der Waals surface area contributed by atoms with E-state index in [9.17, 15) is 13.2 Å². The minimum atomic E-state index is -3.79. The van der Waals surface area contributed by atoms with Crippen LogP contribution in [0.15, 0.2) is 41.6 Å². The van der Waals surface area contributed by atoms with Crippen LogP contribution in [0.25, 0.3) is 0 Å². The molecule has 1 aromatic carbocycles. The molecule has 1 aliphatic rings. The molecule has 2 heterocycles. The summed E-state index contributed by atoms with van der Waals surface area (Å²) in [6, 6.07) is 8.94. The van der Waals surface area contributed by atoms with Gasteiger partial charge in [-0.2, -0.15) is 21.2 Å². The van der Waals surface area contributed by atoms with Crippen LogP contribution >= 0.6 is 11.8 Å². The summed E-state index contributed by atoms with van der Waals surface area (Å²) in [6.45, 7) is 3.20. The van der Waals surface area contributed by atoms with Gasteiger partial charge in [-0.05, 0) is 19.1 Å². The molecule has 0 atom stereocenters. The summed E-state index contributed by atoms with van der Waals surface area (Å²) in [5, 5.41) is 6.72. The highest BCUT2D eigenvalue weighted by Gasteiger charge is 2.33. The van der Waals surface area contributed by atoms with Crippen molar-refractivity contribution in [1.82, 2.24) is 14.1 Å². The Labute approximate surface area is 151 Å². The number of sulfonamides is 1. The van der Waals surface area contributed by atoms with E-state index in [1.165, 1.54) is 15.2 Å². The SMILES string of the molecule is CCn1cc(C(=O)Nc2ccccc2)c(S(=O)(=O)N2CCSCC2)n1. The van der Waals surface area contributed by atoms with Crippen molar-refractivity contribution in [2.45, 2.75) is 18.5 Å². The molecule has 25 heavy (non-hydrogen) atoms. The number of hydrogen-bond acceptors (Lipinski definition) is 5. The van der Waals surface area contributed by atoms with Crippen LogP contribution in [0.4, 0.5) is 5.69 Å². The van der Waals surface area contributed by atoms with Crippen molar-refractivity contribution in [3.05, 3.63) is 42.1 Å². The number of carbonyl (C=O) groups excluding carboxylic acids is 1. The fraction of sp³-hybridized carbons (Fsp3) is 0.375. The summed E-state index contributed by atoms with van der Waals surface area (Å²) in [7, 11) is -3.79. The minimum absolute atomic E-state index is 0.0731. The highest BCUT2D eigenvalue weighted by Crippen LogP contribution is 2.23. The van der Waals surface area contributed by atoms with Crippen LogP contribution in [-0.4, -0.2) is 53.0 Å². The van der Waals surface area contributed by atoms with Gasteiger partial charge in [-0.3, -0.25) is 9.48 Å². The number of amides is 1. The Morgan fingerprint density at radius 1 is 1.24 bits per heavy atom. The summed E-state index contributed by atoms with van der Waals surface area (Å²) in [6.07, 6.45) is 1.49. The van der Waals surface area contributed by atoms with Gasteiger partial charge in [0.05, 0.1) is 5.56 Å². The molecule has 0 radical (unpaired) electrons. The van der Waals surface area contributed by atoms with Gasteiger partial charge in [-0.1, -0.05) is 18.2 Å². The molecule has 0 aliphatic carbocycles. The third-order valence-corrected chi connectivity index (χ3v) is 6.66. The quantitative estimate of drug-likeness (QED) is 0.856. The molecule has 7 nitrogen and oxygen atoms in total. The van der Waals surface area contributed by atoms with E-state index >= 15 is 0 Å². The molecule has 1 fully saturated rings. The summed E-state index contributed by atoms with van der Waals surface area (Å²) in [4.78, 5) is 12.6. The zero-order valence-electron chi connectivity index (χ0n) is 13.9. The van der Waals surface area contributed by atoms with Gasteiger partial charge < -0.3 is 5.32 Å². The fourth-order valence-electron chi connectivity index (χ4n) is 2.54. The minimum Gasteiger partial charge on any atom is -0.322 e. The lowest BCUT2D eigenvalue weighted by Crippen LogP contribution is -2.38. The van der Waals surface area contributed by atoms with Crippen molar-refractivity contribution >= 4 is 33.4 Å². The summed E-state index contributed by atoms with van der Waals surface area (Å²) in [5.74, 6) is 1.02. The average molecular weight is 380 g/mol. The lowest BCUT2D eigenvalue weighted by molar-refractivity contribution is 0.102. The van der Waals surface area contributed by atoms with Crippen LogP contribution in [0.3, 0.4) is 0 Å². The number of anilines is 1. The predicted octanol–water partition coefficient (Wildman–Crippen LogP) is 1.89. The van der Waals surface area contributed by atoms with Crippen molar-refractivity contribution < 1.29 is 13.2 Å². The average Bonchev–Trinajstić information content (AvgIpc) is 3.09. The van der Waals surface area contributed by atoms with E-state index in [0.717, 1.165) is 11.5 Å². The molecule has 1 aliphatic heterocycles. The van der Waals surface area contributed by atoms with E-state index in [2.05, 4.69) is 10.4 Å². The van der Waals surface area contributed by atoms with Crippen LogP contribution in [0.1, 0.15) is 17.3 Å². The first-order valence-electron chi connectivity index (χ1n) is 8.04. The van der Waals surface area contributed by atoms with Crippen LogP contribution in [-0.2, 0) is 16.6 Å². The smallest absolute Gasteiger partial charge is 0.263 e. The van der Waals surface area contributed by atoms with Crippen LogP contribution in [0.2, 0.25) is 0 Å². The lowest BCUT2D eigenvalue weighted by Gasteiger charge is -2.24. The Morgan fingerprint density at radius 2 is 1.92 bits per heavy atom. The predicted molar refractivity (Wildman–Crippen MR) is 98.4 cm³/mol. The summed E-state index contributed by atoms with van der Waals surface area (Å²) < 4.78 is 28.8. The monoisotopic (exact) mass is 380 g/mol. The van der Waals surface area contributed by atoms with Gasteiger partial charge in [0.1, 0.15) is 0 Å². The molecule has 1 amide bonds. The Balaban J connectivity index is 1.94. The lowest BCUT2D eigenvalue weighted by atomic mass is 10.3. The third-order valence-electron chi connectivity index (χ3n) is 3.88. The molecular weight excluding hydrogens is 360 g/mol. The Morgan fingerprint density at radius 3 is 2.56 bits per heavy atom. The number of para-hydroxylation sites is 1. The van der Waals surface area contributed by atoms with Gasteiger partial charge in [0.25, 0.3) is 15.9 Å². The zero-order valence-corrected chi connectivity index (χ0v) is 15.5. The van der Waals surface area contributed by atoms with E-state index in [1.54, 1.807) is 36.0 Å². The number of benzene rings is 1. The third kappa shape index (κ3) is 3.88. The molecule has 2 aromatic rings. The first-order chi connectivity index (χ1) is 12.0. The molecular formula is C16H20N4O3S2. The highest BCUT2D eigenvalue weighted by atomic mass is 32.2. The number of hydrogen-bond donors (Lipinski definition) is 1. The van der Waals surface area contributed by atoms with Crippen molar-refractivity contribution in [3.8, 4) is 0 Å². The van der Waals surface area contributed by atoms with Gasteiger partial charge in [-0.15, -0.1) is 0 Å². The molecule has 0 saturated carbocycles. The Bertz CT molecular complexity index is 844. The van der Waals surface area contributed by atoms with E-state index in [-0.39, 0.29) is 10.6 Å². The molecule has 3 rings (SSSR count). The molecule has 9 heteroatoms. The Kier molecular flexibility index (Phi) is 5.45. The number of aryl methyl sites for hydroxylation is 1. The largest absolute Gasteiger partial charge is 0.322 e. The standard InChI is InChI=1S/C16H20N4O3S2/c1-2-19-12-14(15(21)17-13-6-4-3-5-7-13)16(18-19)25(22,23)20-8-10-24-11-9-20/h3-7,12H,2,8-11H2,1H3,(H,17,21). The summed E-state index contributed by atoms with van der Waals surface area (Å²) >= 11 is 1.72. The molecule has 134 valence electrons. The topological polar surface area (TPSA) is 84.3 Å². The second-order valence-corrected chi connectivity index (χ2v) is 8.62. The van der Waals surface area contributed by atoms with Crippen molar-refractivity contribution in [1.29, 1.82) is 0 Å². The van der Waals surface area contributed by atoms with Gasteiger partial charge >= 0.3 is 0 Å². The van der Waals surface area contributed by atoms with Gasteiger partial charge in [0.15, 0.2) is 0 Å². The van der Waals surface area contributed by atoms with E-state index < -0.39 is 15.9 Å². The fourth-order valence-corrected chi connectivity index (χ4v) is 5.21. The summed E-state index contributed by atoms with van der Waals surface area (Å²) in [5.41, 5.74) is 0.679. The normalized spacial score (nSPS) is 15.9. The second kappa shape index (κ2) is 7.59. The van der Waals surface area contributed by atoms with Gasteiger partial charge in [-0.25, -0.2) is 8.42 Å². The number of rotatable bonds is 5. The number of nitrogens with one attached hydrogen (secondary N) is 1. The maximum atomic E-state index is 13.0. The maximum absolute atomic E-state index is 13.0. The van der Waals surface area contributed by atoms with Crippen molar-refractivity contribution in [3.63, 3.8) is 0 Å². The molecule has 1 saturated heterocycles. The molecule has 1 aromatic heterocycles. The van der Waals surface area contributed by atoms with E-state index in [0.29, 0.717) is 25.3 Å². The van der Waals surface area contributed by atoms with Gasteiger partial charge in [0.2, 0.25) is 5.03 Å². The van der Waals surface area contributed by atoms with Crippen molar-refractivity contribution in [2.24, 2.45) is 0 Å². The second-order valence-electron chi connectivity index (χ2n) is 5.54. The highest BCUT2D eigenvalue weighted by molar-refractivity contribution is 7.99.